The summed E-state index contributed by atoms with van der Waals surface area (Å²) in [5, 5.41) is 160. The monoisotopic (exact) mass is 1220 g/mol. The van der Waals surface area contributed by atoms with Crippen molar-refractivity contribution < 1.29 is 143 Å². The number of fused-ring (bicyclic) bond motifs is 5. The lowest BCUT2D eigenvalue weighted by Crippen LogP contribution is -2.81. The number of nitrogens with two attached hydrogens (primary N) is 1. The van der Waals surface area contributed by atoms with Crippen LogP contribution in [-0.2, 0) is 76.5 Å². The summed E-state index contributed by atoms with van der Waals surface area (Å²) >= 11 is 0. The van der Waals surface area contributed by atoms with Crippen LogP contribution in [0.2, 0.25) is 0 Å². The molecule has 39 heteroatoms. The summed E-state index contributed by atoms with van der Waals surface area (Å²) in [7, 11) is 1.22. The number of methoxy groups -OCH3 is 1. The molecule has 84 heavy (non-hydrogen) atoms. The Morgan fingerprint density at radius 3 is 1.20 bits per heavy atom. The molecule has 0 aromatic rings. The van der Waals surface area contributed by atoms with Crippen LogP contribution < -0.4 is 27.0 Å². The number of hydrogen-bond donors (Lipinski definition) is 18. The third-order valence-corrected chi connectivity index (χ3v) is 17.9. The van der Waals surface area contributed by atoms with Crippen LogP contribution in [-0.4, -0.2) is 337 Å². The lowest BCUT2D eigenvalue weighted by atomic mass is 9.96. The van der Waals surface area contributed by atoms with Crippen molar-refractivity contribution in [1.29, 1.82) is 0 Å². The van der Waals surface area contributed by atoms with Crippen molar-refractivity contribution >= 4 is 23.6 Å². The van der Waals surface area contributed by atoms with E-state index in [1.807, 2.05) is 0 Å². The molecule has 0 aromatic carbocycles. The Bertz CT molecular complexity index is 2530. The van der Waals surface area contributed by atoms with E-state index >= 15 is 0 Å². The lowest BCUT2D eigenvalue weighted by molar-refractivity contribution is -0.477. The van der Waals surface area contributed by atoms with E-state index < -0.39 is 238 Å². The molecule has 11 aliphatic heterocycles. The minimum atomic E-state index is -2.29. The first kappa shape index (κ1) is 62.3. The average molecular weight is 1220 g/mol. The van der Waals surface area contributed by atoms with Gasteiger partial charge in [-0.2, -0.15) is 0 Å². The first-order valence-electron chi connectivity index (χ1n) is 26.9. The summed E-state index contributed by atoms with van der Waals surface area (Å²) in [4.78, 5) is 81.0. The van der Waals surface area contributed by atoms with E-state index in [1.54, 1.807) is 0 Å². The number of hydroxylamine groups is 10. The molecule has 0 bridgehead atoms. The SMILES string of the molecule is COC1C(O)[C@H](O)C(C)O[C@H]1OCC1[C@@H](O[C@@H]2ON3C(CO)[C@@H](O[C@@H]4ON5C(CO)[C@@H](O[C@@H]6ON7C(CO)[C@@H](O[C@@H]8ON9C(CO)[C@@H](O)C(O)C89N)[C@@H](O)C67NC(C)=O)C(O)C45NC(C)=O)C(O)C23NC(C)=O)C(O)C2(NC(C)=O)[C@H](O)ON12. The van der Waals surface area contributed by atoms with Crippen molar-refractivity contribution in [2.24, 2.45) is 5.73 Å². The van der Waals surface area contributed by atoms with Crippen molar-refractivity contribution in [1.82, 2.24) is 46.6 Å². The topological polar surface area (TPSA) is 532 Å². The molecule has 11 fully saturated rings. The third kappa shape index (κ3) is 8.39. The Labute approximate surface area is 474 Å². The summed E-state index contributed by atoms with van der Waals surface area (Å²) in [5.74, 6) is -3.22. The van der Waals surface area contributed by atoms with Crippen molar-refractivity contribution in [3.8, 4) is 0 Å². The molecular formula is C45H72N10O29. The molecule has 11 aliphatic rings. The standard InChI is InChI=1S/C45H72N10O29/c1-12-22(64)24(66)29(73-6)35(75-12)74-11-21-28(31(68)42(47-13(2)60)36(72)80-55(21)42)79-40-45(50-16(5)63)34(71)27(20(10-59)54(45)84-40)78-39-44(49-15(4)62)33(70)26(19(9-58)53(44)83-39)77-38-43(48-14(3)61)32(69)25(18(8-57)52(43)82-38)76-37-41(46)30(67)23(65)17(7-56)51(41)81-37/h12,17-40,56-59,64-72H,7-11,46H2,1-6H3,(H,47,60)(H,48,61)(H,49,62)(H,50,63)/t12?,17?,18?,19?,20?,21?,22-,23-,24?,25-,26-,27-,28-,29?,30?,31?,32-,33?,34?,35-,36-,37-,38-,39-,40-,41?,42?,43?,44?,45?/m1/s1. The Morgan fingerprint density at radius 2 is 0.821 bits per heavy atom. The van der Waals surface area contributed by atoms with Crippen LogP contribution in [0.25, 0.3) is 0 Å². The van der Waals surface area contributed by atoms with Gasteiger partial charge in [-0.3, -0.25) is 43.4 Å². The normalized spacial score (nSPS) is 52.1. The van der Waals surface area contributed by atoms with E-state index in [4.69, 9.17) is 63.1 Å². The smallest absolute Gasteiger partial charge is 0.219 e. The molecule has 4 amide bonds. The van der Waals surface area contributed by atoms with Gasteiger partial charge in [0.15, 0.2) is 34.6 Å². The number of aliphatic hydroxyl groups excluding tert-OH is 13. The summed E-state index contributed by atoms with van der Waals surface area (Å²) in [6, 6.07) is -6.88. The molecular weight excluding hydrogens is 1140 g/mol. The Morgan fingerprint density at radius 1 is 0.464 bits per heavy atom. The molecule has 0 radical (unpaired) electrons. The van der Waals surface area contributed by atoms with Crippen LogP contribution >= 0.6 is 0 Å². The molecule has 17 unspecified atom stereocenters. The van der Waals surface area contributed by atoms with Crippen molar-refractivity contribution in [3.63, 3.8) is 0 Å². The fourth-order valence-corrected chi connectivity index (χ4v) is 13.9. The number of nitrogens with zero attached hydrogens (tertiary/aromatic N) is 5. The van der Waals surface area contributed by atoms with E-state index in [0.717, 1.165) is 53.0 Å². The van der Waals surface area contributed by atoms with Crippen molar-refractivity contribution in [2.75, 3.05) is 40.1 Å². The number of amides is 4. The fraction of sp³-hybridized carbons (Fsp3) is 0.911. The molecule has 11 heterocycles. The molecule has 0 aromatic heterocycles. The minimum Gasteiger partial charge on any atom is -0.395 e. The Balaban J connectivity index is 0.840. The van der Waals surface area contributed by atoms with Crippen LogP contribution in [0.5, 0.6) is 0 Å². The van der Waals surface area contributed by atoms with Crippen LogP contribution in [0, 0.1) is 0 Å². The van der Waals surface area contributed by atoms with E-state index in [2.05, 4.69) is 21.3 Å². The number of rotatable bonds is 20. The van der Waals surface area contributed by atoms with Gasteiger partial charge >= 0.3 is 0 Å². The van der Waals surface area contributed by atoms with Gasteiger partial charge in [0.2, 0.25) is 55.1 Å². The van der Waals surface area contributed by atoms with Crippen molar-refractivity contribution in [3.05, 3.63) is 0 Å². The highest BCUT2D eigenvalue weighted by Crippen LogP contribution is 2.56. The molecule has 11 rings (SSSR count). The maximum Gasteiger partial charge on any atom is 0.219 e. The number of carbonyl (C=O) groups excluding carboxylic acids is 4. The maximum absolute atomic E-state index is 13.2. The minimum absolute atomic E-state index is 0.566. The molecule has 0 saturated carbocycles. The highest BCUT2D eigenvalue weighted by Gasteiger charge is 2.82. The first-order chi connectivity index (χ1) is 39.7. The highest BCUT2D eigenvalue weighted by atomic mass is 16.9. The van der Waals surface area contributed by atoms with E-state index in [-0.39, 0.29) is 0 Å². The zero-order chi connectivity index (χ0) is 61.0. The van der Waals surface area contributed by atoms with E-state index in [9.17, 15) is 85.6 Å². The van der Waals surface area contributed by atoms with Gasteiger partial charge in [0.25, 0.3) is 0 Å². The maximum atomic E-state index is 13.2. The largest absolute Gasteiger partial charge is 0.395 e. The average Bonchev–Trinajstić information content (AvgIpc) is 1.54. The zero-order valence-corrected chi connectivity index (χ0v) is 45.6. The van der Waals surface area contributed by atoms with Crippen LogP contribution in [0.3, 0.4) is 0 Å². The quantitative estimate of drug-likeness (QED) is 0.0538. The molecule has 39 nitrogen and oxygen atoms in total. The number of ether oxygens (including phenoxy) is 7. The molecule has 19 N–H and O–H groups in total. The van der Waals surface area contributed by atoms with Gasteiger partial charge in [0.05, 0.1) is 69.3 Å². The molecule has 11 saturated heterocycles. The number of hydrogen-bond acceptors (Lipinski definition) is 35. The van der Waals surface area contributed by atoms with E-state index in [1.165, 1.54) is 14.0 Å². The van der Waals surface area contributed by atoms with Gasteiger partial charge in [-0.1, -0.05) is 0 Å². The first-order valence-corrected chi connectivity index (χ1v) is 26.9. The number of nitrogens with one attached hydrogen (secondary N) is 4. The van der Waals surface area contributed by atoms with Gasteiger partial charge < -0.3 is 127 Å². The predicted molar refractivity (Wildman–Crippen MR) is 255 cm³/mol. The lowest BCUT2D eigenvalue weighted by Gasteiger charge is -2.55. The number of aliphatic hydroxyl groups is 13. The summed E-state index contributed by atoms with van der Waals surface area (Å²) in [6.45, 7) is 1.77. The Kier molecular flexibility index (Phi) is 16.3. The van der Waals surface area contributed by atoms with Gasteiger partial charge in [-0.05, 0) is 6.92 Å². The van der Waals surface area contributed by atoms with Gasteiger partial charge in [0.1, 0.15) is 79.4 Å². The number of carbonyl (C=O) groups is 4. The Hall–Kier alpha value is -3.36. The van der Waals surface area contributed by atoms with Crippen molar-refractivity contribution in [2.45, 2.75) is 216 Å². The highest BCUT2D eigenvalue weighted by molar-refractivity contribution is 5.75. The van der Waals surface area contributed by atoms with Gasteiger partial charge in [-0.25, -0.2) is 0 Å². The second kappa shape index (κ2) is 22.0. The zero-order valence-electron chi connectivity index (χ0n) is 45.6. The van der Waals surface area contributed by atoms with Crippen LogP contribution in [0.1, 0.15) is 34.6 Å². The van der Waals surface area contributed by atoms with Crippen LogP contribution in [0.15, 0.2) is 0 Å². The van der Waals surface area contributed by atoms with Gasteiger partial charge in [-0.15, -0.1) is 25.3 Å². The summed E-state index contributed by atoms with van der Waals surface area (Å²) < 4.78 is 42.3. The van der Waals surface area contributed by atoms with Gasteiger partial charge in [0, 0.05) is 34.8 Å². The van der Waals surface area contributed by atoms with E-state index in [0.29, 0.717) is 0 Å². The van der Waals surface area contributed by atoms with Crippen LogP contribution in [0.4, 0.5) is 0 Å². The molecule has 476 valence electrons. The molecule has 0 spiro atoms. The summed E-state index contributed by atoms with van der Waals surface area (Å²) in [5.41, 5.74) is -4.44. The molecule has 0 aliphatic carbocycles. The summed E-state index contributed by atoms with van der Waals surface area (Å²) in [6.07, 6.45) is -33.9. The second-order valence-electron chi connectivity index (χ2n) is 22.7. The third-order valence-electron chi connectivity index (χ3n) is 17.9. The predicted octanol–water partition coefficient (Wildman–Crippen LogP) is -14.1. The second-order valence-corrected chi connectivity index (χ2v) is 22.7. The molecule has 30 atom stereocenters. The fourth-order valence-electron chi connectivity index (χ4n) is 13.9.